The number of halogens is 2. The van der Waals surface area contributed by atoms with Gasteiger partial charge in [-0.2, -0.15) is 0 Å². The van der Waals surface area contributed by atoms with Gasteiger partial charge in [-0.1, -0.05) is 17.7 Å². The third kappa shape index (κ3) is 2.41. The molecule has 1 aromatic carbocycles. The van der Waals surface area contributed by atoms with E-state index in [0.29, 0.717) is 10.6 Å². The minimum absolute atomic E-state index is 0.457. The first-order valence-corrected chi connectivity index (χ1v) is 5.49. The number of anilines is 1. The third-order valence-electron chi connectivity index (χ3n) is 2.62. The Labute approximate surface area is 94.0 Å². The zero-order valence-electron chi connectivity index (χ0n) is 8.47. The lowest BCUT2D eigenvalue weighted by Crippen LogP contribution is -2.43. The molecule has 0 unspecified atom stereocenters. The Morgan fingerprint density at radius 2 is 2.07 bits per heavy atom. The molecule has 1 saturated heterocycles. The molecular formula is C11H14ClFN2. The Bertz CT molecular complexity index is 337. The fourth-order valence-corrected chi connectivity index (χ4v) is 2.12. The summed E-state index contributed by atoms with van der Waals surface area (Å²) >= 11 is 6.11. The van der Waals surface area contributed by atoms with Gasteiger partial charge in [0, 0.05) is 26.2 Å². The molecule has 0 aliphatic carbocycles. The number of benzene rings is 1. The quantitative estimate of drug-likeness (QED) is 0.835. The van der Waals surface area contributed by atoms with E-state index in [4.69, 9.17) is 11.6 Å². The molecule has 0 radical (unpaired) electrons. The molecule has 1 aliphatic heterocycles. The summed E-state index contributed by atoms with van der Waals surface area (Å²) in [4.78, 5) is 2.22. The Morgan fingerprint density at radius 1 is 1.33 bits per heavy atom. The number of nitrogens with one attached hydrogen (secondary N) is 1. The van der Waals surface area contributed by atoms with Crippen LogP contribution in [0.25, 0.3) is 0 Å². The van der Waals surface area contributed by atoms with E-state index in [1.807, 2.05) is 6.07 Å². The molecule has 0 saturated carbocycles. The smallest absolute Gasteiger partial charge is 0.115 e. The molecule has 0 spiro atoms. The number of hydrogen-bond acceptors (Lipinski definition) is 2. The maximum atomic E-state index is 12.4. The van der Waals surface area contributed by atoms with Gasteiger partial charge in [-0.25, -0.2) is 4.39 Å². The molecule has 1 heterocycles. The molecule has 1 fully saturated rings. The first-order chi connectivity index (χ1) is 7.31. The second kappa shape index (κ2) is 4.81. The summed E-state index contributed by atoms with van der Waals surface area (Å²) in [5.41, 5.74) is 1.65. The van der Waals surface area contributed by atoms with Crippen LogP contribution >= 0.6 is 11.6 Å². The topological polar surface area (TPSA) is 15.3 Å². The van der Waals surface area contributed by atoms with Gasteiger partial charge < -0.3 is 10.2 Å². The van der Waals surface area contributed by atoms with E-state index in [9.17, 15) is 4.39 Å². The molecule has 82 valence electrons. The van der Waals surface area contributed by atoms with Gasteiger partial charge in [0.2, 0.25) is 0 Å². The van der Waals surface area contributed by atoms with Crippen molar-refractivity contribution < 1.29 is 4.39 Å². The number of rotatable bonds is 2. The van der Waals surface area contributed by atoms with Crippen molar-refractivity contribution >= 4 is 17.3 Å². The van der Waals surface area contributed by atoms with Gasteiger partial charge in [-0.3, -0.25) is 0 Å². The lowest BCUT2D eigenvalue weighted by atomic mass is 10.2. The van der Waals surface area contributed by atoms with E-state index in [1.165, 1.54) is 0 Å². The summed E-state index contributed by atoms with van der Waals surface area (Å²) in [6.45, 7) is 3.40. The Kier molecular flexibility index (Phi) is 3.44. The highest BCUT2D eigenvalue weighted by atomic mass is 35.5. The van der Waals surface area contributed by atoms with E-state index >= 15 is 0 Å². The summed E-state index contributed by atoms with van der Waals surface area (Å²) in [6.07, 6.45) is 0. The van der Waals surface area contributed by atoms with Gasteiger partial charge in [-0.15, -0.1) is 0 Å². The van der Waals surface area contributed by atoms with E-state index in [0.717, 1.165) is 31.9 Å². The van der Waals surface area contributed by atoms with Crippen LogP contribution < -0.4 is 10.2 Å². The summed E-state index contributed by atoms with van der Waals surface area (Å²) in [5.74, 6) is 0. The zero-order chi connectivity index (χ0) is 10.7. The summed E-state index contributed by atoms with van der Waals surface area (Å²) in [6, 6.07) is 5.41. The van der Waals surface area contributed by atoms with Crippen LogP contribution in [0.4, 0.5) is 10.1 Å². The highest BCUT2D eigenvalue weighted by Crippen LogP contribution is 2.27. The van der Waals surface area contributed by atoms with Crippen molar-refractivity contribution in [2.24, 2.45) is 0 Å². The highest BCUT2D eigenvalue weighted by molar-refractivity contribution is 6.33. The first-order valence-electron chi connectivity index (χ1n) is 5.11. The van der Waals surface area contributed by atoms with Crippen LogP contribution in [-0.4, -0.2) is 26.2 Å². The second-order valence-electron chi connectivity index (χ2n) is 3.66. The maximum absolute atomic E-state index is 12.4. The number of nitrogens with zero attached hydrogens (tertiary/aromatic N) is 1. The van der Waals surface area contributed by atoms with E-state index in [1.54, 1.807) is 12.1 Å². The van der Waals surface area contributed by atoms with E-state index in [2.05, 4.69) is 10.2 Å². The molecule has 1 aromatic rings. The maximum Gasteiger partial charge on any atom is 0.115 e. The van der Waals surface area contributed by atoms with Crippen LogP contribution in [0.3, 0.4) is 0 Å². The Hall–Kier alpha value is -0.800. The highest BCUT2D eigenvalue weighted by Gasteiger charge is 2.13. The minimum atomic E-state index is -0.457. The standard InChI is InChI=1S/C11H14ClFN2/c12-10-7-9(8-13)1-2-11(10)15-5-3-14-4-6-15/h1-2,7,14H,3-6,8H2. The van der Waals surface area contributed by atoms with Crippen molar-refractivity contribution in [3.8, 4) is 0 Å². The Morgan fingerprint density at radius 3 is 2.67 bits per heavy atom. The summed E-state index contributed by atoms with van der Waals surface area (Å²) < 4.78 is 12.4. The predicted octanol–water partition coefficient (Wildman–Crippen LogP) is 2.22. The molecular weight excluding hydrogens is 215 g/mol. The number of hydrogen-bond donors (Lipinski definition) is 1. The SMILES string of the molecule is FCc1ccc(N2CCNCC2)c(Cl)c1. The molecule has 0 bridgehead atoms. The molecule has 1 aliphatic rings. The third-order valence-corrected chi connectivity index (χ3v) is 2.93. The molecule has 1 N–H and O–H groups in total. The number of piperazine rings is 1. The van der Waals surface area contributed by atoms with Crippen LogP contribution in [0.1, 0.15) is 5.56 Å². The van der Waals surface area contributed by atoms with Crippen LogP contribution in [0.2, 0.25) is 5.02 Å². The molecule has 0 atom stereocenters. The van der Waals surface area contributed by atoms with Gasteiger partial charge in [-0.05, 0) is 17.7 Å². The molecule has 4 heteroatoms. The predicted molar refractivity (Wildman–Crippen MR) is 61.3 cm³/mol. The average Bonchev–Trinajstić information content (AvgIpc) is 2.30. The molecule has 0 amide bonds. The van der Waals surface area contributed by atoms with Crippen molar-refractivity contribution in [1.82, 2.24) is 5.32 Å². The zero-order valence-corrected chi connectivity index (χ0v) is 9.23. The van der Waals surface area contributed by atoms with Gasteiger partial charge in [0.15, 0.2) is 0 Å². The van der Waals surface area contributed by atoms with Crippen molar-refractivity contribution in [3.63, 3.8) is 0 Å². The average molecular weight is 229 g/mol. The van der Waals surface area contributed by atoms with Crippen LogP contribution in [-0.2, 0) is 6.67 Å². The normalized spacial score (nSPS) is 16.8. The van der Waals surface area contributed by atoms with Crippen molar-refractivity contribution in [1.29, 1.82) is 0 Å². The molecule has 15 heavy (non-hydrogen) atoms. The first kappa shape index (κ1) is 10.7. The largest absolute Gasteiger partial charge is 0.368 e. The van der Waals surface area contributed by atoms with Gasteiger partial charge in [0.25, 0.3) is 0 Å². The fraction of sp³-hybridized carbons (Fsp3) is 0.455. The van der Waals surface area contributed by atoms with Crippen molar-refractivity contribution in [3.05, 3.63) is 28.8 Å². The minimum Gasteiger partial charge on any atom is -0.368 e. The molecule has 0 aromatic heterocycles. The summed E-state index contributed by atoms with van der Waals surface area (Å²) in [7, 11) is 0. The van der Waals surface area contributed by atoms with Gasteiger partial charge in [0.05, 0.1) is 10.7 Å². The molecule has 2 rings (SSSR count). The Balaban J connectivity index is 2.19. The van der Waals surface area contributed by atoms with Crippen LogP contribution in [0, 0.1) is 0 Å². The van der Waals surface area contributed by atoms with Crippen molar-refractivity contribution in [2.75, 3.05) is 31.1 Å². The molecule has 2 nitrogen and oxygen atoms in total. The van der Waals surface area contributed by atoms with Gasteiger partial charge >= 0.3 is 0 Å². The summed E-state index contributed by atoms with van der Waals surface area (Å²) in [5, 5.41) is 3.93. The lowest BCUT2D eigenvalue weighted by molar-refractivity contribution is 0.485. The fourth-order valence-electron chi connectivity index (χ4n) is 1.80. The second-order valence-corrected chi connectivity index (χ2v) is 4.06. The van der Waals surface area contributed by atoms with E-state index in [-0.39, 0.29) is 0 Å². The monoisotopic (exact) mass is 228 g/mol. The van der Waals surface area contributed by atoms with Gasteiger partial charge in [0.1, 0.15) is 6.67 Å². The van der Waals surface area contributed by atoms with Crippen LogP contribution in [0.15, 0.2) is 18.2 Å². The van der Waals surface area contributed by atoms with Crippen LogP contribution in [0.5, 0.6) is 0 Å². The lowest BCUT2D eigenvalue weighted by Gasteiger charge is -2.30. The van der Waals surface area contributed by atoms with Crippen molar-refractivity contribution in [2.45, 2.75) is 6.67 Å². The number of alkyl halides is 1. The van der Waals surface area contributed by atoms with E-state index < -0.39 is 6.67 Å².